The fourth-order valence-corrected chi connectivity index (χ4v) is 14.7. The van der Waals surface area contributed by atoms with Crippen LogP contribution in [0.3, 0.4) is 0 Å². The van der Waals surface area contributed by atoms with Crippen molar-refractivity contribution in [1.82, 2.24) is 0 Å². The number of carbonyl (C=O) groups excluding carboxylic acids is 4. The maximum atomic E-state index is 13.1. The number of aliphatic hydroxyl groups excluding tert-OH is 1. The summed E-state index contributed by atoms with van der Waals surface area (Å²) in [6.45, 7) is 7.31. The number of rotatable bonds is 84. The van der Waals surface area contributed by atoms with Crippen LogP contribution in [0.2, 0.25) is 0 Å². The lowest BCUT2D eigenvalue weighted by Crippen LogP contribution is -2.30. The Labute approximate surface area is 632 Å². The van der Waals surface area contributed by atoms with E-state index in [1.807, 2.05) is 0 Å². The summed E-state index contributed by atoms with van der Waals surface area (Å²) in [5, 5.41) is 10.7. The van der Waals surface area contributed by atoms with Gasteiger partial charge in [-0.05, 0) is 31.6 Å². The monoisotopic (exact) mass is 1510 g/mol. The van der Waals surface area contributed by atoms with E-state index in [2.05, 4.69) is 34.6 Å². The molecule has 0 heterocycles. The Morgan fingerprint density at radius 1 is 0.262 bits per heavy atom. The molecule has 0 aromatic rings. The lowest BCUT2D eigenvalue weighted by molar-refractivity contribution is -0.161. The molecule has 0 aromatic carbocycles. The fraction of sp³-hybridized carbons (Fsp3) is 0.952. The van der Waals surface area contributed by atoms with Gasteiger partial charge >= 0.3 is 39.5 Å². The van der Waals surface area contributed by atoms with E-state index in [9.17, 15) is 43.2 Å². The van der Waals surface area contributed by atoms with Crippen molar-refractivity contribution in [3.8, 4) is 0 Å². The summed E-state index contributed by atoms with van der Waals surface area (Å²) in [6.07, 6.45) is 69.5. The largest absolute Gasteiger partial charge is 0.472 e. The Morgan fingerprint density at radius 3 is 0.660 bits per heavy atom. The number of hydrogen-bond acceptors (Lipinski definition) is 15. The van der Waals surface area contributed by atoms with E-state index in [0.29, 0.717) is 25.7 Å². The molecule has 2 unspecified atom stereocenters. The van der Waals surface area contributed by atoms with Gasteiger partial charge in [-0.15, -0.1) is 0 Å². The fourth-order valence-electron chi connectivity index (χ4n) is 13.1. The van der Waals surface area contributed by atoms with Crippen molar-refractivity contribution in [1.29, 1.82) is 0 Å². The van der Waals surface area contributed by atoms with Crippen molar-refractivity contribution in [2.45, 2.75) is 470 Å². The molecule has 0 aromatic heterocycles. The first kappa shape index (κ1) is 101. The Bertz CT molecular complexity index is 1960. The number of ether oxygens (including phenoxy) is 4. The molecule has 5 atom stereocenters. The van der Waals surface area contributed by atoms with Gasteiger partial charge in [0.2, 0.25) is 0 Å². The number of phosphoric acid groups is 2. The maximum absolute atomic E-state index is 13.1. The molecule has 103 heavy (non-hydrogen) atoms. The molecule has 0 aliphatic heterocycles. The molecule has 612 valence electrons. The summed E-state index contributed by atoms with van der Waals surface area (Å²) >= 11 is 0. The number of aliphatic hydroxyl groups is 1. The van der Waals surface area contributed by atoms with E-state index in [1.165, 1.54) is 276 Å². The third-order valence-electron chi connectivity index (χ3n) is 19.8. The van der Waals surface area contributed by atoms with Gasteiger partial charge in [0.05, 0.1) is 26.4 Å². The van der Waals surface area contributed by atoms with Gasteiger partial charge < -0.3 is 33.8 Å². The van der Waals surface area contributed by atoms with Gasteiger partial charge in [-0.25, -0.2) is 9.13 Å². The number of esters is 4. The molecule has 3 N–H and O–H groups in total. The lowest BCUT2D eigenvalue weighted by atomic mass is 10.0. The van der Waals surface area contributed by atoms with Crippen LogP contribution in [0.4, 0.5) is 0 Å². The highest BCUT2D eigenvalue weighted by Crippen LogP contribution is 2.45. The summed E-state index contributed by atoms with van der Waals surface area (Å²) in [6, 6.07) is 0. The number of hydrogen-bond donors (Lipinski definition) is 3. The molecule has 0 saturated heterocycles. The Hall–Kier alpha value is -1.94. The average Bonchev–Trinajstić information content (AvgIpc) is 0.938. The molecule has 0 aliphatic carbocycles. The third kappa shape index (κ3) is 78.0. The van der Waals surface area contributed by atoms with Crippen molar-refractivity contribution in [3.63, 3.8) is 0 Å². The summed E-state index contributed by atoms with van der Waals surface area (Å²) < 4.78 is 68.8. The van der Waals surface area contributed by atoms with Crippen LogP contribution in [0.25, 0.3) is 0 Å². The zero-order chi connectivity index (χ0) is 75.5. The van der Waals surface area contributed by atoms with E-state index in [1.54, 1.807) is 0 Å². The first-order valence-corrected chi connectivity index (χ1v) is 46.6. The van der Waals surface area contributed by atoms with Crippen LogP contribution in [-0.4, -0.2) is 96.7 Å². The van der Waals surface area contributed by atoms with Crippen LogP contribution >= 0.6 is 15.6 Å². The molecular weight excluding hydrogens is 1340 g/mol. The van der Waals surface area contributed by atoms with E-state index in [4.69, 9.17) is 37.0 Å². The molecule has 0 bridgehead atoms. The van der Waals surface area contributed by atoms with Gasteiger partial charge in [-0.1, -0.05) is 401 Å². The molecule has 0 fully saturated rings. The third-order valence-corrected chi connectivity index (χ3v) is 21.7. The van der Waals surface area contributed by atoms with Crippen molar-refractivity contribution in [3.05, 3.63) is 0 Å². The first-order chi connectivity index (χ1) is 50.0. The minimum absolute atomic E-state index is 0.108. The van der Waals surface area contributed by atoms with Crippen LogP contribution in [0, 0.1) is 5.92 Å². The van der Waals surface area contributed by atoms with E-state index < -0.39 is 97.5 Å². The molecule has 0 spiro atoms. The Morgan fingerprint density at radius 2 is 0.447 bits per heavy atom. The first-order valence-electron chi connectivity index (χ1n) is 43.6. The van der Waals surface area contributed by atoms with Gasteiger partial charge in [-0.2, -0.15) is 0 Å². The maximum Gasteiger partial charge on any atom is 0.472 e. The molecule has 19 heteroatoms. The predicted molar refractivity (Wildman–Crippen MR) is 423 cm³/mol. The molecular formula is C84H164O17P2. The number of unbranched alkanes of at least 4 members (excludes halogenated alkanes) is 56. The van der Waals surface area contributed by atoms with Crippen LogP contribution in [0.5, 0.6) is 0 Å². The van der Waals surface area contributed by atoms with E-state index in [-0.39, 0.29) is 25.7 Å². The highest BCUT2D eigenvalue weighted by molar-refractivity contribution is 7.47. The SMILES string of the molecule is CCCCCCCCCCCCCCCCCCCCCCCCC(=O)O[C@H](COC(=O)CCCCCCCCCCCCCCCCCCC)COP(=O)(O)OC[C@@H](O)COP(=O)(O)OC[C@@H](COC(=O)CCCCCCCCCCC(C)C)OC(=O)CCCCCCCCCCCCCCC. The van der Waals surface area contributed by atoms with Crippen LogP contribution < -0.4 is 0 Å². The second-order valence-corrected chi connectivity index (χ2v) is 33.6. The molecule has 0 radical (unpaired) electrons. The van der Waals surface area contributed by atoms with Gasteiger partial charge in [0.1, 0.15) is 19.3 Å². The quantitative estimate of drug-likeness (QED) is 0.0222. The molecule has 0 aliphatic rings. The highest BCUT2D eigenvalue weighted by Gasteiger charge is 2.30. The predicted octanol–water partition coefficient (Wildman–Crippen LogP) is 25.6. The summed E-state index contributed by atoms with van der Waals surface area (Å²) in [5.41, 5.74) is 0. The molecule has 0 rings (SSSR count). The van der Waals surface area contributed by atoms with E-state index in [0.717, 1.165) is 95.8 Å². The molecule has 0 amide bonds. The zero-order valence-corrected chi connectivity index (χ0v) is 69.3. The second kappa shape index (κ2) is 76.8. The second-order valence-electron chi connectivity index (χ2n) is 30.7. The normalized spacial score (nSPS) is 13.8. The van der Waals surface area contributed by atoms with Crippen LogP contribution in [0.15, 0.2) is 0 Å². The summed E-state index contributed by atoms with van der Waals surface area (Å²) in [4.78, 5) is 73.1. The zero-order valence-electron chi connectivity index (χ0n) is 67.5. The Kier molecular flexibility index (Phi) is 75.4. The van der Waals surface area contributed by atoms with Crippen LogP contribution in [0.1, 0.15) is 452 Å². The minimum Gasteiger partial charge on any atom is -0.462 e. The minimum atomic E-state index is -4.96. The molecule has 0 saturated carbocycles. The van der Waals surface area contributed by atoms with Crippen molar-refractivity contribution < 1.29 is 80.2 Å². The summed E-state index contributed by atoms with van der Waals surface area (Å²) in [5.74, 6) is -1.38. The topological polar surface area (TPSA) is 237 Å². The van der Waals surface area contributed by atoms with Crippen molar-refractivity contribution in [2.24, 2.45) is 5.92 Å². The standard InChI is InChI=1S/C84H164O17P2/c1-6-9-12-15-18-21-24-27-29-31-32-33-34-35-37-39-42-45-48-55-60-65-70-84(89)100-79(73-94-81(86)67-62-57-52-46-43-41-38-36-30-28-25-22-19-16-13-10-7-2)75-98-102(90,91)96-71-78(85)72-97-103(92,93)99-76-80(74-95-82(87)68-63-58-53-50-49-51-56-61-66-77(4)5)101-83(88)69-64-59-54-47-44-40-26-23-20-17-14-11-8-3/h77-80,85H,6-76H2,1-5H3,(H,90,91)(H,92,93)/t78-,79-,80-/m1/s1. The Balaban J connectivity index is 5.22. The van der Waals surface area contributed by atoms with Gasteiger partial charge in [-0.3, -0.25) is 37.3 Å². The van der Waals surface area contributed by atoms with Crippen molar-refractivity contribution >= 4 is 39.5 Å². The van der Waals surface area contributed by atoms with E-state index >= 15 is 0 Å². The lowest BCUT2D eigenvalue weighted by Gasteiger charge is -2.21. The highest BCUT2D eigenvalue weighted by atomic mass is 31.2. The smallest absolute Gasteiger partial charge is 0.462 e. The molecule has 17 nitrogen and oxygen atoms in total. The number of carbonyl (C=O) groups is 4. The van der Waals surface area contributed by atoms with Gasteiger partial charge in [0.15, 0.2) is 12.2 Å². The van der Waals surface area contributed by atoms with Crippen molar-refractivity contribution in [2.75, 3.05) is 39.6 Å². The number of phosphoric ester groups is 2. The van der Waals surface area contributed by atoms with Gasteiger partial charge in [0, 0.05) is 25.7 Å². The van der Waals surface area contributed by atoms with Crippen LogP contribution in [-0.2, 0) is 65.4 Å². The van der Waals surface area contributed by atoms with Gasteiger partial charge in [0.25, 0.3) is 0 Å². The average molecular weight is 1510 g/mol. The summed E-state index contributed by atoms with van der Waals surface area (Å²) in [7, 11) is -9.92.